The average molecular weight is 413 g/mol. The highest BCUT2D eigenvalue weighted by atomic mass is 35.5. The van der Waals surface area contributed by atoms with Crippen LogP contribution < -0.4 is 0 Å². The van der Waals surface area contributed by atoms with Crippen LogP contribution in [-0.2, 0) is 4.87 Å². The van der Waals surface area contributed by atoms with E-state index in [2.05, 4.69) is 16.4 Å². The van der Waals surface area contributed by atoms with Gasteiger partial charge in [-0.3, -0.25) is 0 Å². The summed E-state index contributed by atoms with van der Waals surface area (Å²) in [5.74, 6) is 0. The number of nitrogens with zero attached hydrogens (tertiary/aromatic N) is 1. The predicted octanol–water partition coefficient (Wildman–Crippen LogP) is 6.26. The highest BCUT2D eigenvalue weighted by Gasteiger charge is 2.80. The zero-order valence-corrected chi connectivity index (χ0v) is 17.5. The Labute approximate surface area is 163 Å². The quantitative estimate of drug-likeness (QED) is 0.425. The van der Waals surface area contributed by atoms with Gasteiger partial charge in [0.1, 0.15) is 8.54 Å². The summed E-state index contributed by atoms with van der Waals surface area (Å²) in [6.45, 7) is 9.63. The van der Waals surface area contributed by atoms with Crippen LogP contribution in [0.4, 0.5) is 0 Å². The second-order valence-electron chi connectivity index (χ2n) is 7.64. The molecule has 6 heteroatoms. The summed E-state index contributed by atoms with van der Waals surface area (Å²) in [6, 6.07) is 10.2. The fraction of sp³-hybridized carbons (Fsp3) is 0.647. The Bertz CT molecular complexity index is 590. The molecule has 2 aliphatic rings. The molecule has 23 heavy (non-hydrogen) atoms. The molecule has 0 bridgehead atoms. The zero-order valence-electron chi connectivity index (χ0n) is 13.7. The van der Waals surface area contributed by atoms with Gasteiger partial charge in [0, 0.05) is 23.9 Å². The molecule has 0 unspecified atom stereocenters. The normalized spacial score (nSPS) is 29.4. The van der Waals surface area contributed by atoms with Gasteiger partial charge in [0.05, 0.1) is 4.87 Å². The molecule has 0 atom stereocenters. The fourth-order valence-electron chi connectivity index (χ4n) is 3.81. The molecular formula is C17H21Cl4NS. The summed E-state index contributed by atoms with van der Waals surface area (Å²) in [6.07, 6.45) is 0. The minimum Gasteiger partial charge on any atom is -0.245 e. The summed E-state index contributed by atoms with van der Waals surface area (Å²) < 4.78 is 0.787. The standard InChI is InChI=1S/C17H21Cl4NS/c1-13(2)16(19,20)14(3,4)17(13,21)23-22-10-15(18,11-22)12-8-6-5-7-9-12/h5-9H,10-11H2,1-4H3. The van der Waals surface area contributed by atoms with Crippen LogP contribution in [0.25, 0.3) is 0 Å². The molecule has 1 nitrogen and oxygen atoms in total. The SMILES string of the molecule is CC1(C)C(Cl)(Cl)C(C)(C)C1(Cl)SN1CC(Cl)(c2ccccc2)C1. The first-order valence-electron chi connectivity index (χ1n) is 7.64. The maximum Gasteiger partial charge on any atom is 0.133 e. The second kappa shape index (κ2) is 5.34. The first kappa shape index (κ1) is 18.5. The van der Waals surface area contributed by atoms with Crippen molar-refractivity contribution in [2.45, 2.75) is 41.1 Å². The van der Waals surface area contributed by atoms with E-state index in [9.17, 15) is 0 Å². The summed E-state index contributed by atoms with van der Waals surface area (Å²) in [7, 11) is 0. The van der Waals surface area contributed by atoms with Gasteiger partial charge in [-0.1, -0.05) is 70.0 Å². The first-order chi connectivity index (χ1) is 10.4. The van der Waals surface area contributed by atoms with E-state index in [1.165, 1.54) is 0 Å². The Morgan fingerprint density at radius 2 is 1.35 bits per heavy atom. The van der Waals surface area contributed by atoms with Gasteiger partial charge in [-0.25, -0.2) is 4.31 Å². The summed E-state index contributed by atoms with van der Waals surface area (Å²) in [5.41, 5.74) is 0.310. The van der Waals surface area contributed by atoms with Crippen molar-refractivity contribution in [3.8, 4) is 0 Å². The van der Waals surface area contributed by atoms with Crippen LogP contribution in [0, 0.1) is 10.8 Å². The number of hydrogen-bond donors (Lipinski definition) is 0. The molecule has 1 heterocycles. The lowest BCUT2D eigenvalue weighted by Crippen LogP contribution is -2.76. The number of halogens is 4. The Morgan fingerprint density at radius 1 is 0.870 bits per heavy atom. The Balaban J connectivity index is 1.73. The van der Waals surface area contributed by atoms with Crippen molar-refractivity contribution in [3.63, 3.8) is 0 Å². The van der Waals surface area contributed by atoms with E-state index >= 15 is 0 Å². The minimum atomic E-state index is -0.864. The first-order valence-corrected chi connectivity index (χ1v) is 9.93. The monoisotopic (exact) mass is 411 g/mol. The van der Waals surface area contributed by atoms with E-state index in [-0.39, 0.29) is 4.87 Å². The van der Waals surface area contributed by atoms with Crippen molar-refractivity contribution < 1.29 is 0 Å². The van der Waals surface area contributed by atoms with Crippen molar-refractivity contribution >= 4 is 58.4 Å². The summed E-state index contributed by atoms with van der Waals surface area (Å²) >= 11 is 28.6. The molecule has 1 aromatic rings. The topological polar surface area (TPSA) is 3.24 Å². The molecule has 2 fully saturated rings. The molecular weight excluding hydrogens is 392 g/mol. The highest BCUT2D eigenvalue weighted by Crippen LogP contribution is 2.79. The number of alkyl halides is 4. The Kier molecular flexibility index (Phi) is 4.29. The van der Waals surface area contributed by atoms with Crippen molar-refractivity contribution in [1.82, 2.24) is 4.31 Å². The molecule has 0 spiro atoms. The second-order valence-corrected chi connectivity index (χ2v) is 11.8. The van der Waals surface area contributed by atoms with Crippen LogP contribution >= 0.6 is 58.4 Å². The lowest BCUT2D eigenvalue weighted by atomic mass is 9.54. The summed E-state index contributed by atoms with van der Waals surface area (Å²) in [4.78, 5) is -0.335. The maximum atomic E-state index is 7.03. The van der Waals surface area contributed by atoms with Gasteiger partial charge in [-0.05, 0) is 5.56 Å². The van der Waals surface area contributed by atoms with Gasteiger partial charge in [0.15, 0.2) is 0 Å². The largest absolute Gasteiger partial charge is 0.245 e. The third-order valence-corrected chi connectivity index (χ3v) is 10.9. The molecule has 0 aromatic heterocycles. The third-order valence-electron chi connectivity index (χ3n) is 5.58. The summed E-state index contributed by atoms with van der Waals surface area (Å²) in [5, 5.41) is 0. The molecule has 128 valence electrons. The molecule has 1 aliphatic carbocycles. The lowest BCUT2D eigenvalue weighted by molar-refractivity contribution is -0.0159. The van der Waals surface area contributed by atoms with E-state index in [0.717, 1.165) is 18.7 Å². The predicted molar refractivity (Wildman–Crippen MR) is 104 cm³/mol. The molecule has 1 saturated carbocycles. The Morgan fingerprint density at radius 3 is 1.83 bits per heavy atom. The van der Waals surface area contributed by atoms with Crippen molar-refractivity contribution in [2.75, 3.05) is 13.1 Å². The number of benzene rings is 1. The molecule has 3 rings (SSSR count). The van der Waals surface area contributed by atoms with E-state index in [1.54, 1.807) is 11.9 Å². The zero-order chi connectivity index (χ0) is 17.3. The van der Waals surface area contributed by atoms with Gasteiger partial charge in [0.2, 0.25) is 0 Å². The van der Waals surface area contributed by atoms with Crippen molar-refractivity contribution in [3.05, 3.63) is 35.9 Å². The van der Waals surface area contributed by atoms with Crippen LogP contribution in [0.1, 0.15) is 33.3 Å². The maximum absolute atomic E-state index is 7.03. The van der Waals surface area contributed by atoms with Crippen LogP contribution in [-0.4, -0.2) is 25.9 Å². The molecule has 1 saturated heterocycles. The average Bonchev–Trinajstić information content (AvgIpc) is 2.44. The number of hydrogen-bond acceptors (Lipinski definition) is 2. The molecule has 0 N–H and O–H groups in total. The van der Waals surface area contributed by atoms with E-state index in [0.29, 0.717) is 0 Å². The van der Waals surface area contributed by atoms with Crippen LogP contribution in [0.15, 0.2) is 30.3 Å². The van der Waals surface area contributed by atoms with Gasteiger partial charge in [0.25, 0.3) is 0 Å². The van der Waals surface area contributed by atoms with Gasteiger partial charge in [-0.2, -0.15) is 0 Å². The Hall–Kier alpha value is 0.690. The van der Waals surface area contributed by atoms with Crippen molar-refractivity contribution in [2.24, 2.45) is 10.8 Å². The number of rotatable bonds is 3. The third kappa shape index (κ3) is 2.25. The lowest BCUT2D eigenvalue weighted by Gasteiger charge is -2.72. The van der Waals surface area contributed by atoms with Gasteiger partial charge >= 0.3 is 0 Å². The van der Waals surface area contributed by atoms with Crippen LogP contribution in [0.2, 0.25) is 0 Å². The molecule has 1 aliphatic heterocycles. The van der Waals surface area contributed by atoms with Crippen LogP contribution in [0.3, 0.4) is 0 Å². The van der Waals surface area contributed by atoms with E-state index in [4.69, 9.17) is 46.4 Å². The van der Waals surface area contributed by atoms with Crippen LogP contribution in [0.5, 0.6) is 0 Å². The van der Waals surface area contributed by atoms with Crippen molar-refractivity contribution in [1.29, 1.82) is 0 Å². The van der Waals surface area contributed by atoms with E-state index in [1.807, 2.05) is 45.9 Å². The van der Waals surface area contributed by atoms with Gasteiger partial charge in [-0.15, -0.1) is 46.4 Å². The fourth-order valence-corrected chi connectivity index (χ4v) is 7.61. The molecule has 0 amide bonds. The molecule has 1 aromatic carbocycles. The molecule has 0 radical (unpaired) electrons. The minimum absolute atomic E-state index is 0.335. The van der Waals surface area contributed by atoms with E-state index < -0.39 is 19.4 Å². The van der Waals surface area contributed by atoms with Gasteiger partial charge < -0.3 is 0 Å². The smallest absolute Gasteiger partial charge is 0.133 e. The highest BCUT2D eigenvalue weighted by molar-refractivity contribution is 7.99.